The number of carbonyl (C=O) groups is 2. The van der Waals surface area contributed by atoms with Crippen LogP contribution in [-0.4, -0.2) is 24.1 Å². The number of methoxy groups -OCH3 is 1. The van der Waals surface area contributed by atoms with Gasteiger partial charge in [-0.15, -0.1) is 0 Å². The topological polar surface area (TPSA) is 93.5 Å². The van der Waals surface area contributed by atoms with Crippen molar-refractivity contribution in [3.05, 3.63) is 36.1 Å². The van der Waals surface area contributed by atoms with E-state index in [0.717, 1.165) is 11.4 Å². The fourth-order valence-corrected chi connectivity index (χ4v) is 3.19. The normalized spacial score (nSPS) is 19.6. The number of benzene rings is 1. The molecule has 1 fully saturated rings. The predicted octanol–water partition coefficient (Wildman–Crippen LogP) is 3.38. The van der Waals surface area contributed by atoms with E-state index in [1.807, 2.05) is 24.3 Å². The van der Waals surface area contributed by atoms with Crippen molar-refractivity contribution in [1.82, 2.24) is 5.16 Å². The van der Waals surface area contributed by atoms with Gasteiger partial charge in [0, 0.05) is 23.6 Å². The van der Waals surface area contributed by atoms with E-state index in [1.165, 1.54) is 0 Å². The molecule has 1 heterocycles. The van der Waals surface area contributed by atoms with Crippen LogP contribution in [0.3, 0.4) is 0 Å². The minimum Gasteiger partial charge on any atom is -0.497 e. The third-order valence-electron chi connectivity index (χ3n) is 4.71. The molecule has 26 heavy (non-hydrogen) atoms. The van der Waals surface area contributed by atoms with Crippen LogP contribution in [0.5, 0.6) is 5.75 Å². The van der Waals surface area contributed by atoms with Gasteiger partial charge in [-0.2, -0.15) is 0 Å². The van der Waals surface area contributed by atoms with Crippen LogP contribution in [0.25, 0.3) is 0 Å². The number of nitrogens with zero attached hydrogens (tertiary/aromatic N) is 1. The van der Waals surface area contributed by atoms with Crippen LogP contribution in [0.15, 0.2) is 34.9 Å². The van der Waals surface area contributed by atoms with Crippen LogP contribution in [0.2, 0.25) is 0 Å². The molecule has 7 heteroatoms. The number of aryl methyl sites for hydroxylation is 1. The van der Waals surface area contributed by atoms with Gasteiger partial charge in [0.15, 0.2) is 5.82 Å². The van der Waals surface area contributed by atoms with Crippen LogP contribution in [0.1, 0.15) is 31.4 Å². The lowest BCUT2D eigenvalue weighted by atomic mass is 9.81. The third-order valence-corrected chi connectivity index (χ3v) is 4.71. The van der Waals surface area contributed by atoms with Gasteiger partial charge in [-0.1, -0.05) is 5.16 Å². The van der Waals surface area contributed by atoms with E-state index in [2.05, 4.69) is 15.8 Å². The predicted molar refractivity (Wildman–Crippen MR) is 96.9 cm³/mol. The molecule has 0 saturated heterocycles. The second-order valence-electron chi connectivity index (χ2n) is 6.58. The highest BCUT2D eigenvalue weighted by molar-refractivity contribution is 5.94. The Morgan fingerprint density at radius 3 is 2.12 bits per heavy atom. The molecule has 3 rings (SSSR count). The van der Waals surface area contributed by atoms with Crippen molar-refractivity contribution in [2.24, 2.45) is 11.8 Å². The Morgan fingerprint density at radius 2 is 1.62 bits per heavy atom. The molecule has 0 spiro atoms. The van der Waals surface area contributed by atoms with E-state index in [-0.39, 0.29) is 23.7 Å². The fourth-order valence-electron chi connectivity index (χ4n) is 3.19. The number of aromatic nitrogens is 1. The maximum Gasteiger partial charge on any atom is 0.228 e. The number of carbonyl (C=O) groups excluding carboxylic acids is 2. The van der Waals surface area contributed by atoms with Crippen molar-refractivity contribution in [2.45, 2.75) is 32.6 Å². The van der Waals surface area contributed by atoms with Gasteiger partial charge in [0.2, 0.25) is 11.8 Å². The van der Waals surface area contributed by atoms with Gasteiger partial charge in [0.05, 0.1) is 7.11 Å². The highest BCUT2D eigenvalue weighted by Gasteiger charge is 2.30. The summed E-state index contributed by atoms with van der Waals surface area (Å²) in [7, 11) is 1.60. The lowest BCUT2D eigenvalue weighted by Gasteiger charge is -2.26. The molecule has 1 aromatic carbocycles. The number of anilines is 2. The Morgan fingerprint density at radius 1 is 1.04 bits per heavy atom. The molecule has 0 bridgehead atoms. The first-order valence-corrected chi connectivity index (χ1v) is 8.74. The summed E-state index contributed by atoms with van der Waals surface area (Å²) >= 11 is 0. The molecule has 2 amide bonds. The minimum atomic E-state index is -0.1000. The van der Waals surface area contributed by atoms with E-state index in [9.17, 15) is 9.59 Å². The van der Waals surface area contributed by atoms with Crippen LogP contribution < -0.4 is 15.4 Å². The molecule has 138 valence electrons. The molecule has 1 aliphatic carbocycles. The second kappa shape index (κ2) is 8.03. The smallest absolute Gasteiger partial charge is 0.228 e. The quantitative estimate of drug-likeness (QED) is 0.856. The average Bonchev–Trinajstić information content (AvgIpc) is 3.07. The number of ether oxygens (including phenoxy) is 1. The van der Waals surface area contributed by atoms with E-state index < -0.39 is 0 Å². The van der Waals surface area contributed by atoms with E-state index in [4.69, 9.17) is 9.26 Å². The molecule has 0 unspecified atom stereocenters. The summed E-state index contributed by atoms with van der Waals surface area (Å²) in [6.07, 6.45) is 2.75. The maximum atomic E-state index is 12.4. The highest BCUT2D eigenvalue weighted by Crippen LogP contribution is 2.30. The summed E-state index contributed by atoms with van der Waals surface area (Å²) in [5, 5.41) is 9.48. The lowest BCUT2D eigenvalue weighted by Crippen LogP contribution is -2.32. The Hall–Kier alpha value is -2.83. The standard InChI is InChI=1S/C19H23N3O4/c1-12-11-17(22-26-12)21-19(24)14-5-3-13(4-6-14)18(23)20-15-7-9-16(25-2)10-8-15/h7-11,13-14H,3-6H2,1-2H3,(H,20,23)(H,21,22,24). The zero-order chi connectivity index (χ0) is 18.5. The molecule has 2 aromatic rings. The Kier molecular flexibility index (Phi) is 5.55. The Balaban J connectivity index is 1.47. The van der Waals surface area contributed by atoms with Crippen molar-refractivity contribution in [1.29, 1.82) is 0 Å². The summed E-state index contributed by atoms with van der Waals surface area (Å²) in [6, 6.07) is 8.93. The molecular weight excluding hydrogens is 334 g/mol. The van der Waals surface area contributed by atoms with E-state index >= 15 is 0 Å². The maximum absolute atomic E-state index is 12.4. The van der Waals surface area contributed by atoms with Gasteiger partial charge in [0.25, 0.3) is 0 Å². The fraction of sp³-hybridized carbons (Fsp3) is 0.421. The molecule has 0 atom stereocenters. The largest absolute Gasteiger partial charge is 0.497 e. The van der Waals surface area contributed by atoms with Crippen molar-refractivity contribution < 1.29 is 18.8 Å². The van der Waals surface area contributed by atoms with Gasteiger partial charge >= 0.3 is 0 Å². The SMILES string of the molecule is COc1ccc(NC(=O)C2CCC(C(=O)Nc3cc(C)on3)CC2)cc1. The van der Waals surface area contributed by atoms with Gasteiger partial charge < -0.3 is 19.9 Å². The molecule has 1 aliphatic rings. The zero-order valence-corrected chi connectivity index (χ0v) is 15.0. The van der Waals surface area contributed by atoms with Gasteiger partial charge in [-0.25, -0.2) is 0 Å². The number of amides is 2. The summed E-state index contributed by atoms with van der Waals surface area (Å²) in [4.78, 5) is 24.7. The highest BCUT2D eigenvalue weighted by atomic mass is 16.5. The molecular formula is C19H23N3O4. The molecule has 2 N–H and O–H groups in total. The Bertz CT molecular complexity index is 761. The van der Waals surface area contributed by atoms with Crippen LogP contribution in [0.4, 0.5) is 11.5 Å². The van der Waals surface area contributed by atoms with Crippen molar-refractivity contribution >= 4 is 23.3 Å². The number of nitrogens with one attached hydrogen (secondary N) is 2. The molecule has 0 radical (unpaired) electrons. The number of hydrogen-bond donors (Lipinski definition) is 2. The molecule has 1 saturated carbocycles. The zero-order valence-electron chi connectivity index (χ0n) is 15.0. The third kappa shape index (κ3) is 4.41. The summed E-state index contributed by atoms with van der Waals surface area (Å²) in [5.41, 5.74) is 0.747. The number of hydrogen-bond acceptors (Lipinski definition) is 5. The first-order valence-electron chi connectivity index (χ1n) is 8.74. The van der Waals surface area contributed by atoms with E-state index in [1.54, 1.807) is 20.1 Å². The van der Waals surface area contributed by atoms with Gasteiger partial charge in [-0.05, 0) is 56.9 Å². The summed E-state index contributed by atoms with van der Waals surface area (Å²) < 4.78 is 10.1. The van der Waals surface area contributed by atoms with E-state index in [0.29, 0.717) is 37.3 Å². The molecule has 7 nitrogen and oxygen atoms in total. The summed E-state index contributed by atoms with van der Waals surface area (Å²) in [5.74, 6) is 1.60. The number of rotatable bonds is 5. The van der Waals surface area contributed by atoms with Crippen LogP contribution in [-0.2, 0) is 9.59 Å². The first-order chi connectivity index (χ1) is 12.5. The van der Waals surface area contributed by atoms with Crippen molar-refractivity contribution in [3.63, 3.8) is 0 Å². The van der Waals surface area contributed by atoms with Gasteiger partial charge in [-0.3, -0.25) is 9.59 Å². The average molecular weight is 357 g/mol. The van der Waals surface area contributed by atoms with Crippen LogP contribution in [0, 0.1) is 18.8 Å². The minimum absolute atomic E-state index is 0.00107. The lowest BCUT2D eigenvalue weighted by molar-refractivity contribution is -0.125. The Labute approximate surface area is 152 Å². The summed E-state index contributed by atoms with van der Waals surface area (Å²) in [6.45, 7) is 1.77. The van der Waals surface area contributed by atoms with Gasteiger partial charge in [0.1, 0.15) is 11.5 Å². The van der Waals surface area contributed by atoms with Crippen molar-refractivity contribution in [3.8, 4) is 5.75 Å². The van der Waals surface area contributed by atoms with Crippen LogP contribution >= 0.6 is 0 Å². The second-order valence-corrected chi connectivity index (χ2v) is 6.58. The first kappa shape index (κ1) is 18.0. The molecule has 1 aromatic heterocycles. The molecule has 0 aliphatic heterocycles. The van der Waals surface area contributed by atoms with Crippen molar-refractivity contribution in [2.75, 3.05) is 17.7 Å². The monoisotopic (exact) mass is 357 g/mol.